The highest BCUT2D eigenvalue weighted by molar-refractivity contribution is 6.30. The van der Waals surface area contributed by atoms with Gasteiger partial charge in [0.2, 0.25) is 17.6 Å². The maximum Gasteiger partial charge on any atom is 0.246 e. The summed E-state index contributed by atoms with van der Waals surface area (Å²) in [6, 6.07) is 16.7. The van der Waals surface area contributed by atoms with Gasteiger partial charge in [-0.3, -0.25) is 4.79 Å². The molecule has 0 atom stereocenters. The third-order valence-electron chi connectivity index (χ3n) is 3.21. The van der Waals surface area contributed by atoms with Gasteiger partial charge in [0.15, 0.2) is 0 Å². The zero-order valence-corrected chi connectivity index (χ0v) is 13.4. The number of rotatable bonds is 5. The summed E-state index contributed by atoms with van der Waals surface area (Å²) in [6.45, 7) is 0.165. The van der Waals surface area contributed by atoms with Gasteiger partial charge in [0.25, 0.3) is 0 Å². The fourth-order valence-corrected chi connectivity index (χ4v) is 2.13. The number of hydrogen-bond donors (Lipinski definition) is 1. The van der Waals surface area contributed by atoms with E-state index in [9.17, 15) is 4.79 Å². The molecule has 0 aliphatic carbocycles. The Morgan fingerprint density at radius 2 is 1.88 bits per heavy atom. The Morgan fingerprint density at radius 3 is 2.62 bits per heavy atom. The molecule has 5 nitrogen and oxygen atoms in total. The van der Waals surface area contributed by atoms with Crippen molar-refractivity contribution in [1.82, 2.24) is 15.5 Å². The lowest BCUT2D eigenvalue weighted by atomic mass is 10.2. The normalized spacial score (nSPS) is 10.9. The second kappa shape index (κ2) is 7.57. The lowest BCUT2D eigenvalue weighted by Crippen LogP contribution is -2.20. The largest absolute Gasteiger partial charge is 0.343 e. The van der Waals surface area contributed by atoms with Gasteiger partial charge in [-0.05, 0) is 35.9 Å². The summed E-state index contributed by atoms with van der Waals surface area (Å²) < 4.78 is 5.13. The van der Waals surface area contributed by atoms with Crippen LogP contribution in [0.4, 0.5) is 0 Å². The summed E-state index contributed by atoms with van der Waals surface area (Å²) in [4.78, 5) is 16.0. The van der Waals surface area contributed by atoms with E-state index >= 15 is 0 Å². The number of amides is 1. The smallest absolute Gasteiger partial charge is 0.246 e. The summed E-state index contributed by atoms with van der Waals surface area (Å²) in [7, 11) is 0. The van der Waals surface area contributed by atoms with Crippen molar-refractivity contribution in [2.45, 2.75) is 6.54 Å². The summed E-state index contributed by atoms with van der Waals surface area (Å²) in [5.74, 6) is 0.558. The molecule has 3 rings (SSSR count). The Balaban J connectivity index is 1.56. The van der Waals surface area contributed by atoms with Crippen molar-refractivity contribution in [3.8, 4) is 11.4 Å². The molecule has 0 aliphatic rings. The van der Waals surface area contributed by atoms with Crippen molar-refractivity contribution >= 4 is 23.6 Å². The molecule has 6 heteroatoms. The van der Waals surface area contributed by atoms with Gasteiger partial charge >= 0.3 is 0 Å². The molecule has 1 amide bonds. The van der Waals surface area contributed by atoms with Crippen molar-refractivity contribution in [1.29, 1.82) is 0 Å². The number of halogens is 1. The van der Waals surface area contributed by atoms with Gasteiger partial charge in [0.1, 0.15) is 0 Å². The van der Waals surface area contributed by atoms with Gasteiger partial charge in [-0.25, -0.2) is 0 Å². The van der Waals surface area contributed by atoms with E-state index in [-0.39, 0.29) is 12.5 Å². The van der Waals surface area contributed by atoms with Crippen LogP contribution in [0.3, 0.4) is 0 Å². The molecular formula is C18H14ClN3O2. The molecule has 0 saturated heterocycles. The van der Waals surface area contributed by atoms with Crippen LogP contribution in [-0.4, -0.2) is 16.0 Å². The molecule has 0 radical (unpaired) electrons. The van der Waals surface area contributed by atoms with Crippen molar-refractivity contribution < 1.29 is 9.32 Å². The van der Waals surface area contributed by atoms with E-state index in [0.717, 1.165) is 11.1 Å². The van der Waals surface area contributed by atoms with Gasteiger partial charge in [0, 0.05) is 16.7 Å². The molecule has 0 fully saturated rings. The highest BCUT2D eigenvalue weighted by atomic mass is 35.5. The van der Waals surface area contributed by atoms with E-state index in [1.807, 2.05) is 30.3 Å². The Morgan fingerprint density at radius 1 is 1.12 bits per heavy atom. The predicted octanol–water partition coefficient (Wildman–Crippen LogP) is 3.72. The van der Waals surface area contributed by atoms with Crippen LogP contribution in [0.5, 0.6) is 0 Å². The molecule has 1 heterocycles. The average molecular weight is 340 g/mol. The second-order valence-corrected chi connectivity index (χ2v) is 5.42. The molecule has 1 aromatic heterocycles. The Bertz CT molecular complexity index is 842. The third-order valence-corrected chi connectivity index (χ3v) is 3.46. The zero-order valence-electron chi connectivity index (χ0n) is 12.6. The number of carbonyl (C=O) groups is 1. The Kier molecular flexibility index (Phi) is 5.03. The summed E-state index contributed by atoms with van der Waals surface area (Å²) in [5, 5.41) is 7.23. The van der Waals surface area contributed by atoms with E-state index in [0.29, 0.717) is 16.7 Å². The van der Waals surface area contributed by atoms with Gasteiger partial charge in [-0.1, -0.05) is 47.1 Å². The maximum absolute atomic E-state index is 11.8. The molecule has 0 unspecified atom stereocenters. The van der Waals surface area contributed by atoms with Gasteiger partial charge in [-0.15, -0.1) is 0 Å². The molecule has 0 aliphatic heterocycles. The number of aromatic nitrogens is 2. The van der Waals surface area contributed by atoms with E-state index in [2.05, 4.69) is 15.5 Å². The molecule has 2 aromatic carbocycles. The van der Waals surface area contributed by atoms with Crippen LogP contribution in [0.15, 0.2) is 65.2 Å². The zero-order chi connectivity index (χ0) is 16.8. The molecule has 0 spiro atoms. The first-order valence-corrected chi connectivity index (χ1v) is 7.68. The number of benzene rings is 2. The number of nitrogens with one attached hydrogen (secondary N) is 1. The quantitative estimate of drug-likeness (QED) is 0.719. The SMILES string of the molecule is O=C(/C=C/c1ccccc1)NCc1nc(-c2ccc(Cl)cc2)no1. The highest BCUT2D eigenvalue weighted by Crippen LogP contribution is 2.18. The minimum Gasteiger partial charge on any atom is -0.343 e. The molecule has 0 bridgehead atoms. The second-order valence-electron chi connectivity index (χ2n) is 4.98. The minimum atomic E-state index is -0.231. The van der Waals surface area contributed by atoms with Crippen molar-refractivity contribution in [2.24, 2.45) is 0 Å². The Labute approximate surface area is 144 Å². The first kappa shape index (κ1) is 16.0. The maximum atomic E-state index is 11.8. The fraction of sp³-hybridized carbons (Fsp3) is 0.0556. The first-order chi connectivity index (χ1) is 11.7. The minimum absolute atomic E-state index is 0.165. The number of nitrogens with zero attached hydrogens (tertiary/aromatic N) is 2. The van der Waals surface area contributed by atoms with Gasteiger partial charge < -0.3 is 9.84 Å². The van der Waals surface area contributed by atoms with Gasteiger partial charge in [-0.2, -0.15) is 4.98 Å². The van der Waals surface area contributed by atoms with Crippen LogP contribution >= 0.6 is 11.6 Å². The summed E-state index contributed by atoms with van der Waals surface area (Å²) in [5.41, 5.74) is 1.75. The lowest BCUT2D eigenvalue weighted by Gasteiger charge is -1.97. The van der Waals surface area contributed by atoms with Crippen LogP contribution in [0.25, 0.3) is 17.5 Å². The molecule has 24 heavy (non-hydrogen) atoms. The molecule has 0 saturated carbocycles. The van der Waals surface area contributed by atoms with Crippen LogP contribution in [0, 0.1) is 0 Å². The molecule has 3 aromatic rings. The molecular weight excluding hydrogens is 326 g/mol. The van der Waals surface area contributed by atoms with E-state index in [1.54, 1.807) is 30.3 Å². The van der Waals surface area contributed by atoms with E-state index in [1.165, 1.54) is 6.08 Å². The fourth-order valence-electron chi connectivity index (χ4n) is 2.00. The molecule has 120 valence electrons. The summed E-state index contributed by atoms with van der Waals surface area (Å²) in [6.07, 6.45) is 3.20. The highest BCUT2D eigenvalue weighted by Gasteiger charge is 2.09. The van der Waals surface area contributed by atoms with Crippen molar-refractivity contribution in [3.63, 3.8) is 0 Å². The standard InChI is InChI=1S/C18H14ClN3O2/c19-15-9-7-14(8-10-15)18-21-17(24-22-18)12-20-16(23)11-6-13-4-2-1-3-5-13/h1-11H,12H2,(H,20,23)/b11-6+. The monoisotopic (exact) mass is 339 g/mol. The van der Waals surface area contributed by atoms with Crippen LogP contribution < -0.4 is 5.32 Å². The lowest BCUT2D eigenvalue weighted by molar-refractivity contribution is -0.116. The predicted molar refractivity (Wildman–Crippen MR) is 92.1 cm³/mol. The van der Waals surface area contributed by atoms with Crippen molar-refractivity contribution in [3.05, 3.63) is 77.2 Å². The Hall–Kier alpha value is -2.92. The van der Waals surface area contributed by atoms with Gasteiger partial charge in [0.05, 0.1) is 6.54 Å². The van der Waals surface area contributed by atoms with E-state index in [4.69, 9.17) is 16.1 Å². The van der Waals surface area contributed by atoms with E-state index < -0.39 is 0 Å². The molecule has 1 N–H and O–H groups in total. The third kappa shape index (κ3) is 4.30. The number of hydrogen-bond acceptors (Lipinski definition) is 4. The number of carbonyl (C=O) groups excluding carboxylic acids is 1. The topological polar surface area (TPSA) is 68.0 Å². The van der Waals surface area contributed by atoms with Crippen molar-refractivity contribution in [2.75, 3.05) is 0 Å². The van der Waals surface area contributed by atoms with Crippen LogP contribution in [0.2, 0.25) is 5.02 Å². The summed E-state index contributed by atoms with van der Waals surface area (Å²) >= 11 is 5.84. The first-order valence-electron chi connectivity index (χ1n) is 7.30. The van der Waals surface area contributed by atoms with Crippen LogP contribution in [0.1, 0.15) is 11.5 Å². The van der Waals surface area contributed by atoms with Crippen LogP contribution in [-0.2, 0) is 11.3 Å². The average Bonchev–Trinajstić information content (AvgIpc) is 3.09.